The second-order valence-corrected chi connectivity index (χ2v) is 15.4. The van der Waals surface area contributed by atoms with E-state index >= 15 is 0 Å². The van der Waals surface area contributed by atoms with Gasteiger partial charge in [0.2, 0.25) is 30.2 Å². The predicted molar refractivity (Wildman–Crippen MR) is 236 cm³/mol. The van der Waals surface area contributed by atoms with E-state index in [0.717, 1.165) is 11.4 Å². The molecule has 2 heterocycles. The Bertz CT molecular complexity index is 3020. The fourth-order valence-electron chi connectivity index (χ4n) is 10.3. The van der Waals surface area contributed by atoms with E-state index in [1.165, 1.54) is 82.7 Å². The van der Waals surface area contributed by atoms with Crippen LogP contribution in [0.5, 0.6) is 0 Å². The molecule has 0 saturated heterocycles. The summed E-state index contributed by atoms with van der Waals surface area (Å²) in [6.07, 6.45) is 12.3. The summed E-state index contributed by atoms with van der Waals surface area (Å²) < 4.78 is 2.50. The van der Waals surface area contributed by atoms with Gasteiger partial charge in [0.05, 0.1) is 5.22 Å². The number of anilines is 3. The normalized spacial score (nSPS) is 16.8. The molecule has 0 amide bonds. The van der Waals surface area contributed by atoms with Crippen LogP contribution in [0.2, 0.25) is 0 Å². The predicted octanol–water partition coefficient (Wildman–Crippen LogP) is 7.70. The molecule has 4 heteroatoms. The maximum atomic E-state index is 2.56. The van der Waals surface area contributed by atoms with Gasteiger partial charge in [-0.2, -0.15) is 0 Å². The number of fused-ring (bicyclic) bond motifs is 5. The minimum absolute atomic E-state index is 0.118. The number of rotatable bonds is 4. The first-order chi connectivity index (χ1) is 27.8. The van der Waals surface area contributed by atoms with Crippen LogP contribution in [-0.2, 0) is 0 Å². The van der Waals surface area contributed by atoms with Crippen molar-refractivity contribution < 1.29 is 0 Å². The van der Waals surface area contributed by atoms with Crippen LogP contribution in [-0.4, -0.2) is 13.4 Å². The van der Waals surface area contributed by atoms with Crippen molar-refractivity contribution in [3.05, 3.63) is 238 Å². The lowest BCUT2D eigenvalue weighted by Gasteiger charge is -2.42. The highest BCUT2D eigenvalue weighted by Crippen LogP contribution is 2.49. The van der Waals surface area contributed by atoms with Crippen LogP contribution >= 0.6 is 0 Å². The van der Waals surface area contributed by atoms with Gasteiger partial charge in [0.25, 0.3) is 0 Å². The topological polar surface area (TPSA) is 6.25 Å². The molecule has 3 aliphatic carbocycles. The number of para-hydroxylation sites is 4. The fourth-order valence-corrected chi connectivity index (χ4v) is 10.3. The number of hydrogen-bond acceptors (Lipinski definition) is 1. The largest absolute Gasteiger partial charge is 0.299 e. The van der Waals surface area contributed by atoms with Crippen LogP contribution in [0.15, 0.2) is 216 Å². The third-order valence-corrected chi connectivity index (χ3v) is 12.5. The number of allylic oxidation sites excluding steroid dienone is 7. The zero-order valence-electron chi connectivity index (χ0n) is 30.8. The molecule has 0 bridgehead atoms. The number of nitrogens with zero attached hydrogens (tertiary/aromatic N) is 2. The summed E-state index contributed by atoms with van der Waals surface area (Å²) in [5.74, 6) is 0.118. The average molecular weight is 709 g/mol. The smallest absolute Gasteiger partial charge is 0.243 e. The molecule has 2 nitrogen and oxygen atoms in total. The van der Waals surface area contributed by atoms with E-state index in [1.54, 1.807) is 0 Å². The third-order valence-electron chi connectivity index (χ3n) is 12.5. The Hall–Kier alpha value is -6.90. The summed E-state index contributed by atoms with van der Waals surface area (Å²) in [7, 11) is 0. The summed E-state index contributed by atoms with van der Waals surface area (Å²) in [5.41, 5.74) is 19.6. The second kappa shape index (κ2) is 12.3. The molecule has 0 fully saturated rings. The van der Waals surface area contributed by atoms with Crippen LogP contribution in [0.4, 0.5) is 28.4 Å². The summed E-state index contributed by atoms with van der Waals surface area (Å²) in [4.78, 5) is 2.46. The maximum absolute atomic E-state index is 2.56. The minimum atomic E-state index is 0.118. The van der Waals surface area contributed by atoms with Crippen molar-refractivity contribution in [1.82, 2.24) is 4.58 Å². The van der Waals surface area contributed by atoms with Crippen molar-refractivity contribution in [3.63, 3.8) is 0 Å². The van der Waals surface area contributed by atoms with Crippen molar-refractivity contribution >= 4 is 75.9 Å². The van der Waals surface area contributed by atoms with E-state index in [0.29, 0.717) is 0 Å². The molecule has 56 heavy (non-hydrogen) atoms. The van der Waals surface area contributed by atoms with E-state index in [-0.39, 0.29) is 19.3 Å². The zero-order chi connectivity index (χ0) is 36.7. The number of benzene rings is 7. The fraction of sp³-hybridized carbons (Fsp3) is 0.0192. The molecule has 0 spiro atoms. The van der Waals surface area contributed by atoms with Gasteiger partial charge in [-0.25, -0.2) is 0 Å². The molecule has 2 aliphatic heterocycles. The van der Waals surface area contributed by atoms with Gasteiger partial charge < -0.3 is 0 Å². The second-order valence-electron chi connectivity index (χ2n) is 15.4. The third kappa shape index (κ3) is 4.50. The minimum Gasteiger partial charge on any atom is -0.299 e. The SMILES string of the molecule is C1=Cc2cc3c(c4c2C2C(=CC=4)C=C4B(c5ccccc5)c5ccccc5B(c5ccccc5)C4=C12)=[N+](c1ccccc1)c1ccccc1N3c1ccccc1. The molecule has 1 atom stereocenters. The van der Waals surface area contributed by atoms with Gasteiger partial charge in [0.1, 0.15) is 11.4 Å². The monoisotopic (exact) mass is 709 g/mol. The van der Waals surface area contributed by atoms with Crippen LogP contribution in [0.25, 0.3) is 12.2 Å². The Balaban J connectivity index is 1.20. The van der Waals surface area contributed by atoms with E-state index in [2.05, 4.69) is 216 Å². The van der Waals surface area contributed by atoms with Gasteiger partial charge >= 0.3 is 0 Å². The van der Waals surface area contributed by atoms with E-state index < -0.39 is 0 Å². The van der Waals surface area contributed by atoms with Crippen molar-refractivity contribution in [1.29, 1.82) is 0 Å². The van der Waals surface area contributed by atoms with Crippen LogP contribution < -0.4 is 41.9 Å². The highest BCUT2D eigenvalue weighted by Gasteiger charge is 2.47. The number of hydrogen-bond donors (Lipinski definition) is 0. The van der Waals surface area contributed by atoms with E-state index in [9.17, 15) is 0 Å². The van der Waals surface area contributed by atoms with Crippen molar-refractivity contribution in [2.45, 2.75) is 5.92 Å². The summed E-state index contributed by atoms with van der Waals surface area (Å²) >= 11 is 0. The van der Waals surface area contributed by atoms with Crippen molar-refractivity contribution in [2.24, 2.45) is 0 Å². The summed E-state index contributed by atoms with van der Waals surface area (Å²) in [6, 6.07) is 64.6. The van der Waals surface area contributed by atoms with Crippen molar-refractivity contribution in [2.75, 3.05) is 4.90 Å². The van der Waals surface area contributed by atoms with Gasteiger partial charge in [-0.15, -0.1) is 4.58 Å². The van der Waals surface area contributed by atoms with Crippen LogP contribution in [0.1, 0.15) is 17.0 Å². The highest BCUT2D eigenvalue weighted by atomic mass is 15.2. The molecule has 0 radical (unpaired) electrons. The molecule has 0 N–H and O–H groups in total. The van der Waals surface area contributed by atoms with Gasteiger partial charge in [-0.1, -0.05) is 191 Å². The Morgan fingerprint density at radius 2 is 1.14 bits per heavy atom. The van der Waals surface area contributed by atoms with E-state index in [1.807, 2.05) is 0 Å². The molecule has 5 aliphatic rings. The molecule has 1 unspecified atom stereocenters. The van der Waals surface area contributed by atoms with Gasteiger partial charge in [-0.05, 0) is 52.6 Å². The standard InChI is InChI=1S/C52H35B2N2/c1-5-17-37(18-6-1)53-43-25-13-14-26-44(43)54(38-19-7-2-8-20-38)51-41-31-29-36-34-48-52(42-32-30-35(33-45(51)53)49(41)50(36)42)56(40-23-11-4-12-24-40)47-28-16-15-27-46(47)55(48)39-21-9-3-10-22-39/h1-34,49H/q+1. The van der Waals surface area contributed by atoms with Gasteiger partial charge in [-0.3, -0.25) is 4.90 Å². The van der Waals surface area contributed by atoms with Crippen LogP contribution in [0.3, 0.4) is 0 Å². The molecule has 258 valence electrons. The van der Waals surface area contributed by atoms with E-state index in [4.69, 9.17) is 0 Å². The van der Waals surface area contributed by atoms with Gasteiger partial charge in [0, 0.05) is 29.8 Å². The molecule has 7 aromatic carbocycles. The molecule has 7 aromatic rings. The summed E-state index contributed by atoms with van der Waals surface area (Å²) in [5, 5.41) is 2.51. The molecule has 0 saturated carbocycles. The first-order valence-electron chi connectivity index (χ1n) is 19.7. The Kier molecular flexibility index (Phi) is 6.91. The first-order valence-corrected chi connectivity index (χ1v) is 19.7. The molecule has 0 aromatic heterocycles. The quantitative estimate of drug-likeness (QED) is 0.134. The lowest BCUT2D eigenvalue weighted by atomic mass is 9.18. The molecule has 12 rings (SSSR count). The zero-order valence-corrected chi connectivity index (χ0v) is 30.8. The Labute approximate surface area is 327 Å². The highest BCUT2D eigenvalue weighted by molar-refractivity contribution is 7.06. The Morgan fingerprint density at radius 1 is 0.536 bits per heavy atom. The summed E-state index contributed by atoms with van der Waals surface area (Å²) in [6.45, 7) is 0.260. The lowest BCUT2D eigenvalue weighted by molar-refractivity contribution is 0.884. The maximum Gasteiger partial charge on any atom is 0.243 e. The first kappa shape index (κ1) is 31.5. The van der Waals surface area contributed by atoms with Gasteiger partial charge in [0.15, 0.2) is 0 Å². The molecular formula is C52H35B2N2+. The Morgan fingerprint density at radius 3 is 1.88 bits per heavy atom. The average Bonchev–Trinajstić information content (AvgIpc) is 3.27. The lowest BCUT2D eigenvalue weighted by Crippen LogP contribution is -2.65. The van der Waals surface area contributed by atoms with Crippen LogP contribution in [0, 0.1) is 0 Å². The molecular weight excluding hydrogens is 674 g/mol. The van der Waals surface area contributed by atoms with Crippen molar-refractivity contribution in [3.8, 4) is 0 Å².